The van der Waals surface area contributed by atoms with Gasteiger partial charge in [0.1, 0.15) is 5.75 Å². The summed E-state index contributed by atoms with van der Waals surface area (Å²) in [6.07, 6.45) is 0.0714. The Balaban J connectivity index is 3.11. The highest BCUT2D eigenvalue weighted by molar-refractivity contribution is 9.10. The molecule has 1 N–H and O–H groups in total. The second-order valence-corrected chi connectivity index (χ2v) is 4.80. The number of halogens is 1. The van der Waals surface area contributed by atoms with Gasteiger partial charge in [0.25, 0.3) is 0 Å². The molecule has 3 nitrogen and oxygen atoms in total. The molecule has 0 aromatic heterocycles. The van der Waals surface area contributed by atoms with Gasteiger partial charge in [-0.1, -0.05) is 15.9 Å². The third kappa shape index (κ3) is 3.52. The molecule has 0 aliphatic carbocycles. The molecule has 1 amide bonds. The van der Waals surface area contributed by atoms with Crippen LogP contribution in [0.5, 0.6) is 5.75 Å². The predicted molar refractivity (Wildman–Crippen MR) is 68.9 cm³/mol. The molecule has 0 aliphatic rings. The van der Waals surface area contributed by atoms with E-state index in [4.69, 9.17) is 4.74 Å². The fourth-order valence-electron chi connectivity index (χ4n) is 1.30. The molecule has 0 atom stereocenters. The highest BCUT2D eigenvalue weighted by Crippen LogP contribution is 2.32. The third-order valence-corrected chi connectivity index (χ3v) is 2.79. The number of benzene rings is 1. The van der Waals surface area contributed by atoms with E-state index in [1.54, 1.807) is 0 Å². The molecule has 1 rings (SSSR count). The number of hydrogen-bond donors (Lipinski definition) is 1. The average molecular weight is 286 g/mol. The van der Waals surface area contributed by atoms with Crippen molar-refractivity contribution >= 4 is 27.5 Å². The smallest absolute Gasteiger partial charge is 0.221 e. The summed E-state index contributed by atoms with van der Waals surface area (Å²) in [5, 5.41) is 2.76. The van der Waals surface area contributed by atoms with Crippen LogP contribution >= 0.6 is 15.9 Å². The first-order valence-electron chi connectivity index (χ1n) is 5.14. The minimum absolute atomic E-state index is 0.0714. The molecule has 0 radical (unpaired) electrons. The minimum atomic E-state index is -0.102. The second-order valence-electron chi connectivity index (χ2n) is 3.95. The number of carbonyl (C=O) groups is 1. The highest BCUT2D eigenvalue weighted by Gasteiger charge is 2.10. The Morgan fingerprint density at radius 3 is 2.56 bits per heavy atom. The highest BCUT2D eigenvalue weighted by atomic mass is 79.9. The number of nitrogens with one attached hydrogen (secondary N) is 1. The van der Waals surface area contributed by atoms with Crippen molar-refractivity contribution in [2.45, 2.75) is 33.8 Å². The fourth-order valence-corrected chi connectivity index (χ4v) is 1.62. The molecule has 0 saturated heterocycles. The molecule has 0 saturated carbocycles. The van der Waals surface area contributed by atoms with Crippen LogP contribution in [-0.4, -0.2) is 12.0 Å². The molecule has 16 heavy (non-hydrogen) atoms. The largest absolute Gasteiger partial charge is 0.489 e. The summed E-state index contributed by atoms with van der Waals surface area (Å²) in [6.45, 7) is 7.35. The van der Waals surface area contributed by atoms with E-state index < -0.39 is 0 Å². The number of hydrogen-bond acceptors (Lipinski definition) is 2. The zero-order chi connectivity index (χ0) is 12.3. The monoisotopic (exact) mass is 285 g/mol. The van der Waals surface area contributed by atoms with Crippen LogP contribution < -0.4 is 10.1 Å². The summed E-state index contributed by atoms with van der Waals surface area (Å²) in [5.74, 6) is 0.581. The summed E-state index contributed by atoms with van der Waals surface area (Å²) < 4.78 is 6.61. The quantitative estimate of drug-likeness (QED) is 0.923. The molecule has 0 unspecified atom stereocenters. The summed E-state index contributed by atoms with van der Waals surface area (Å²) in [5.41, 5.74) is 1.77. The number of rotatable bonds is 3. The standard InChI is InChI=1S/C12H16BrNO2/c1-7(2)16-12-6-10(13)8(3)5-11(12)14-9(4)15/h5-7H,1-4H3,(H,14,15). The van der Waals surface area contributed by atoms with Gasteiger partial charge in [-0.3, -0.25) is 4.79 Å². The van der Waals surface area contributed by atoms with Crippen LogP contribution in [0.15, 0.2) is 16.6 Å². The van der Waals surface area contributed by atoms with Crippen LogP contribution in [0, 0.1) is 6.92 Å². The number of anilines is 1. The lowest BCUT2D eigenvalue weighted by molar-refractivity contribution is -0.114. The van der Waals surface area contributed by atoms with Crippen LogP contribution in [0.2, 0.25) is 0 Å². The Kier molecular flexibility index (Phi) is 4.35. The zero-order valence-electron chi connectivity index (χ0n) is 9.93. The lowest BCUT2D eigenvalue weighted by atomic mass is 10.2. The van der Waals surface area contributed by atoms with Crippen molar-refractivity contribution in [1.29, 1.82) is 0 Å². The van der Waals surface area contributed by atoms with E-state index in [0.29, 0.717) is 11.4 Å². The first-order valence-corrected chi connectivity index (χ1v) is 5.94. The van der Waals surface area contributed by atoms with Gasteiger partial charge >= 0.3 is 0 Å². The predicted octanol–water partition coefficient (Wildman–Crippen LogP) is 3.50. The van der Waals surface area contributed by atoms with E-state index in [2.05, 4.69) is 21.2 Å². The van der Waals surface area contributed by atoms with Gasteiger partial charge < -0.3 is 10.1 Å². The van der Waals surface area contributed by atoms with Crippen LogP contribution in [-0.2, 0) is 4.79 Å². The van der Waals surface area contributed by atoms with Gasteiger partial charge in [0.15, 0.2) is 0 Å². The normalized spacial score (nSPS) is 10.4. The number of carbonyl (C=O) groups excluding carboxylic acids is 1. The number of amides is 1. The maximum Gasteiger partial charge on any atom is 0.221 e. The van der Waals surface area contributed by atoms with Crippen molar-refractivity contribution in [1.82, 2.24) is 0 Å². The minimum Gasteiger partial charge on any atom is -0.489 e. The van der Waals surface area contributed by atoms with Gasteiger partial charge in [-0.15, -0.1) is 0 Å². The van der Waals surface area contributed by atoms with Crippen molar-refractivity contribution < 1.29 is 9.53 Å². The lowest BCUT2D eigenvalue weighted by Crippen LogP contribution is -2.11. The maximum atomic E-state index is 11.1. The molecule has 0 heterocycles. The molecular formula is C12H16BrNO2. The Hall–Kier alpha value is -1.03. The van der Waals surface area contributed by atoms with Crippen LogP contribution in [0.1, 0.15) is 26.3 Å². The van der Waals surface area contributed by atoms with E-state index in [9.17, 15) is 4.79 Å². The van der Waals surface area contributed by atoms with Crippen molar-refractivity contribution in [3.8, 4) is 5.75 Å². The topological polar surface area (TPSA) is 38.3 Å². The molecule has 1 aromatic carbocycles. The molecule has 4 heteroatoms. The Morgan fingerprint density at radius 2 is 2.06 bits per heavy atom. The molecule has 0 bridgehead atoms. The van der Waals surface area contributed by atoms with E-state index >= 15 is 0 Å². The first kappa shape index (κ1) is 13.0. The Bertz CT molecular complexity index is 402. The van der Waals surface area contributed by atoms with Gasteiger partial charge in [0.05, 0.1) is 11.8 Å². The number of aryl methyl sites for hydroxylation is 1. The average Bonchev–Trinajstić information content (AvgIpc) is 2.11. The van der Waals surface area contributed by atoms with E-state index in [-0.39, 0.29) is 12.0 Å². The van der Waals surface area contributed by atoms with Gasteiger partial charge in [-0.25, -0.2) is 0 Å². The molecule has 1 aromatic rings. The summed E-state index contributed by atoms with van der Waals surface area (Å²) in [4.78, 5) is 11.1. The molecular weight excluding hydrogens is 270 g/mol. The van der Waals surface area contributed by atoms with Crippen LogP contribution in [0.3, 0.4) is 0 Å². The van der Waals surface area contributed by atoms with Crippen molar-refractivity contribution in [3.05, 3.63) is 22.2 Å². The van der Waals surface area contributed by atoms with Gasteiger partial charge in [0.2, 0.25) is 5.91 Å². The Labute approximate surface area is 104 Å². The van der Waals surface area contributed by atoms with Gasteiger partial charge in [-0.05, 0) is 38.5 Å². The van der Waals surface area contributed by atoms with E-state index in [1.165, 1.54) is 6.92 Å². The number of ether oxygens (including phenoxy) is 1. The SMILES string of the molecule is CC(=O)Nc1cc(C)c(Br)cc1OC(C)C. The van der Waals surface area contributed by atoms with E-state index in [1.807, 2.05) is 32.9 Å². The van der Waals surface area contributed by atoms with Crippen molar-refractivity contribution in [2.75, 3.05) is 5.32 Å². The molecule has 0 fully saturated rings. The lowest BCUT2D eigenvalue weighted by Gasteiger charge is -2.16. The molecule has 88 valence electrons. The molecule has 0 aliphatic heterocycles. The maximum absolute atomic E-state index is 11.1. The third-order valence-electron chi connectivity index (χ3n) is 1.93. The van der Waals surface area contributed by atoms with E-state index in [0.717, 1.165) is 10.0 Å². The Morgan fingerprint density at radius 1 is 1.44 bits per heavy atom. The van der Waals surface area contributed by atoms with Crippen LogP contribution in [0.25, 0.3) is 0 Å². The summed E-state index contributed by atoms with van der Waals surface area (Å²) in [7, 11) is 0. The van der Waals surface area contributed by atoms with Crippen molar-refractivity contribution in [2.24, 2.45) is 0 Å². The van der Waals surface area contributed by atoms with Crippen LogP contribution in [0.4, 0.5) is 5.69 Å². The van der Waals surface area contributed by atoms with Crippen molar-refractivity contribution in [3.63, 3.8) is 0 Å². The fraction of sp³-hybridized carbons (Fsp3) is 0.417. The van der Waals surface area contributed by atoms with Gasteiger partial charge in [-0.2, -0.15) is 0 Å². The second kappa shape index (κ2) is 5.34. The summed E-state index contributed by atoms with van der Waals surface area (Å²) >= 11 is 3.44. The molecule has 0 spiro atoms. The van der Waals surface area contributed by atoms with Gasteiger partial charge in [0, 0.05) is 11.4 Å². The zero-order valence-corrected chi connectivity index (χ0v) is 11.5. The first-order chi connectivity index (χ1) is 7.40. The summed E-state index contributed by atoms with van der Waals surface area (Å²) in [6, 6.07) is 3.77.